The molecule has 1 fully saturated rings. The predicted octanol–water partition coefficient (Wildman–Crippen LogP) is 5.15. The summed E-state index contributed by atoms with van der Waals surface area (Å²) in [5, 5.41) is 10.4. The molecule has 0 bridgehead atoms. The van der Waals surface area contributed by atoms with Crippen LogP contribution in [0, 0.1) is 13.8 Å². The van der Waals surface area contributed by atoms with Gasteiger partial charge in [-0.2, -0.15) is 0 Å². The fraction of sp³-hybridized carbons (Fsp3) is 0.478. The molecule has 2 N–H and O–H groups in total. The number of ether oxygens (including phenoxy) is 2. The maximum absolute atomic E-state index is 11.7. The summed E-state index contributed by atoms with van der Waals surface area (Å²) >= 11 is -1.71. The lowest BCUT2D eigenvalue weighted by atomic mass is 9.83. The Balaban J connectivity index is 1.70. The van der Waals surface area contributed by atoms with Crippen LogP contribution in [0.15, 0.2) is 30.3 Å². The zero-order valence-corrected chi connectivity index (χ0v) is 18.7. The van der Waals surface area contributed by atoms with Crippen LogP contribution in [-0.4, -0.2) is 29.6 Å². The van der Waals surface area contributed by atoms with E-state index < -0.39 is 11.3 Å². The molecule has 3 rings (SSSR count). The maximum atomic E-state index is 11.7. The Morgan fingerprint density at radius 3 is 2.47 bits per heavy atom. The third-order valence-electron chi connectivity index (χ3n) is 5.61. The number of aryl methyl sites for hydroxylation is 2. The van der Waals surface area contributed by atoms with E-state index in [0.29, 0.717) is 30.6 Å². The summed E-state index contributed by atoms with van der Waals surface area (Å²) in [4.78, 5) is 0. The first-order chi connectivity index (χ1) is 14.5. The van der Waals surface area contributed by atoms with Crippen molar-refractivity contribution in [2.75, 3.05) is 25.0 Å². The number of nitrogens with one attached hydrogen (secondary N) is 1. The monoisotopic (exact) mass is 433 g/mol. The van der Waals surface area contributed by atoms with Crippen LogP contribution in [-0.2, 0) is 15.4 Å². The van der Waals surface area contributed by atoms with Gasteiger partial charge in [0.2, 0.25) is 0 Å². The van der Waals surface area contributed by atoms with Crippen LogP contribution in [0.5, 0.6) is 17.2 Å². The summed E-state index contributed by atoms with van der Waals surface area (Å²) in [6.45, 7) is 4.90. The Bertz CT molecular complexity index is 880. The number of phenols is 1. The van der Waals surface area contributed by atoms with E-state index in [9.17, 15) is 9.32 Å². The van der Waals surface area contributed by atoms with E-state index in [1.54, 1.807) is 6.07 Å². The average molecular weight is 434 g/mol. The van der Waals surface area contributed by atoms with Crippen molar-refractivity contribution in [1.29, 1.82) is 0 Å². The van der Waals surface area contributed by atoms with E-state index in [1.165, 1.54) is 37.5 Å². The molecule has 0 heterocycles. The van der Waals surface area contributed by atoms with Crippen molar-refractivity contribution in [3.05, 3.63) is 47.0 Å². The third kappa shape index (κ3) is 5.89. The van der Waals surface area contributed by atoms with E-state index in [-0.39, 0.29) is 5.75 Å². The molecule has 1 unspecified atom stereocenters. The summed E-state index contributed by atoms with van der Waals surface area (Å²) < 4.78 is 31.0. The van der Waals surface area contributed by atoms with Gasteiger partial charge in [0.05, 0.1) is 12.8 Å². The van der Waals surface area contributed by atoms with E-state index in [0.717, 1.165) is 24.2 Å². The Kier molecular flexibility index (Phi) is 7.99. The Morgan fingerprint density at radius 2 is 1.77 bits per heavy atom. The fourth-order valence-corrected chi connectivity index (χ4v) is 4.20. The molecule has 1 aliphatic rings. The third-order valence-corrected chi connectivity index (χ3v) is 6.30. The van der Waals surface area contributed by atoms with Crippen LogP contribution in [0.4, 0.5) is 5.69 Å². The number of rotatable bonds is 9. The summed E-state index contributed by atoms with van der Waals surface area (Å²) in [5.74, 6) is 1.80. The topological polar surface area (TPSA) is 77.0 Å². The number of aromatic hydroxyl groups is 1. The van der Waals surface area contributed by atoms with Crippen LogP contribution in [0.1, 0.15) is 54.7 Å². The van der Waals surface area contributed by atoms with Gasteiger partial charge in [-0.15, -0.1) is 0 Å². The summed E-state index contributed by atoms with van der Waals surface area (Å²) in [6.07, 6.45) is 5.74. The van der Waals surface area contributed by atoms with Gasteiger partial charge in [-0.05, 0) is 67.5 Å². The minimum absolute atomic E-state index is 0.0231. The first kappa shape index (κ1) is 22.4. The van der Waals surface area contributed by atoms with Crippen molar-refractivity contribution in [2.45, 2.75) is 51.9 Å². The molecule has 0 aromatic heterocycles. The van der Waals surface area contributed by atoms with Gasteiger partial charge in [-0.3, -0.25) is 8.91 Å². The second-order valence-corrected chi connectivity index (χ2v) is 8.70. The molecule has 0 saturated heterocycles. The molecule has 0 radical (unpaired) electrons. The normalized spacial score (nSPS) is 15.6. The summed E-state index contributed by atoms with van der Waals surface area (Å²) in [5.41, 5.74) is 3.83. The number of anilines is 1. The van der Waals surface area contributed by atoms with Gasteiger partial charge in [0.1, 0.15) is 30.5 Å². The Labute approximate surface area is 181 Å². The van der Waals surface area contributed by atoms with Crippen molar-refractivity contribution in [2.24, 2.45) is 0 Å². The predicted molar refractivity (Wildman–Crippen MR) is 120 cm³/mol. The molecule has 0 aliphatic heterocycles. The summed E-state index contributed by atoms with van der Waals surface area (Å²) in [7, 11) is 1.34. The summed E-state index contributed by atoms with van der Waals surface area (Å²) in [6, 6.07) is 9.44. The number of phenolic OH excluding ortho intramolecular Hbond substituents is 1. The molecular formula is C23H31NO5S. The minimum Gasteiger partial charge on any atom is -0.506 e. The molecule has 0 spiro atoms. The van der Waals surface area contributed by atoms with Crippen LogP contribution in [0.2, 0.25) is 0 Å². The van der Waals surface area contributed by atoms with Crippen LogP contribution < -0.4 is 14.2 Å². The minimum atomic E-state index is -1.71. The number of hydrogen-bond donors (Lipinski definition) is 2. The molecule has 30 heavy (non-hydrogen) atoms. The van der Waals surface area contributed by atoms with Gasteiger partial charge >= 0.3 is 0 Å². The molecule has 2 aromatic carbocycles. The second-order valence-electron chi connectivity index (χ2n) is 7.69. The average Bonchev–Trinajstić information content (AvgIpc) is 2.75. The van der Waals surface area contributed by atoms with E-state index in [2.05, 4.69) is 18.6 Å². The van der Waals surface area contributed by atoms with Crippen LogP contribution >= 0.6 is 0 Å². The highest BCUT2D eigenvalue weighted by atomic mass is 32.2. The fourth-order valence-electron chi connectivity index (χ4n) is 3.77. The van der Waals surface area contributed by atoms with Crippen molar-refractivity contribution >= 4 is 17.0 Å². The van der Waals surface area contributed by atoms with Crippen molar-refractivity contribution in [1.82, 2.24) is 0 Å². The maximum Gasteiger partial charge on any atom is 0.261 e. The lowest BCUT2D eigenvalue weighted by molar-refractivity contribution is 0.214. The van der Waals surface area contributed by atoms with Gasteiger partial charge < -0.3 is 14.6 Å². The molecular weight excluding hydrogens is 402 g/mol. The van der Waals surface area contributed by atoms with Gasteiger partial charge in [-0.25, -0.2) is 4.21 Å². The van der Waals surface area contributed by atoms with E-state index in [4.69, 9.17) is 13.7 Å². The standard InChI is InChI=1S/C23H31NO5S/c1-16-9-10-19(13-17(16)2)28-11-12-29-23-15-22(25)21(24-30(26)27-3)14-20(23)18-7-5-4-6-8-18/h9-10,13-15,18,24-25H,4-8,11-12H2,1-3H3. The number of hydrogen-bond acceptors (Lipinski definition) is 5. The molecule has 7 heteroatoms. The first-order valence-electron chi connectivity index (χ1n) is 10.4. The number of benzene rings is 2. The molecule has 164 valence electrons. The SMILES string of the molecule is COS(=O)Nc1cc(C2CCCCC2)c(OCCOc2ccc(C)c(C)c2)cc1O. The van der Waals surface area contributed by atoms with Crippen LogP contribution in [0.25, 0.3) is 0 Å². The zero-order chi connectivity index (χ0) is 21.5. The molecule has 6 nitrogen and oxygen atoms in total. The van der Waals surface area contributed by atoms with Gasteiger partial charge in [0.25, 0.3) is 11.3 Å². The largest absolute Gasteiger partial charge is 0.506 e. The molecule has 1 saturated carbocycles. The van der Waals surface area contributed by atoms with Gasteiger partial charge in [0, 0.05) is 6.07 Å². The first-order valence-corrected chi connectivity index (χ1v) is 11.5. The molecule has 1 atom stereocenters. The molecule has 0 amide bonds. The van der Waals surface area contributed by atoms with Crippen molar-refractivity contribution in [3.8, 4) is 17.2 Å². The lowest BCUT2D eigenvalue weighted by Gasteiger charge is -2.25. The quantitative estimate of drug-likeness (QED) is 0.422. The highest BCUT2D eigenvalue weighted by molar-refractivity contribution is 7.81. The second kappa shape index (κ2) is 10.7. The van der Waals surface area contributed by atoms with E-state index in [1.807, 2.05) is 24.3 Å². The highest BCUT2D eigenvalue weighted by Crippen LogP contribution is 2.42. The van der Waals surface area contributed by atoms with Gasteiger partial charge in [-0.1, -0.05) is 25.3 Å². The zero-order valence-electron chi connectivity index (χ0n) is 17.9. The van der Waals surface area contributed by atoms with Gasteiger partial charge in [0.15, 0.2) is 0 Å². The smallest absolute Gasteiger partial charge is 0.261 e. The van der Waals surface area contributed by atoms with Crippen molar-refractivity contribution in [3.63, 3.8) is 0 Å². The van der Waals surface area contributed by atoms with Crippen molar-refractivity contribution < 1.29 is 23.0 Å². The van der Waals surface area contributed by atoms with Crippen LogP contribution in [0.3, 0.4) is 0 Å². The Hall–Kier alpha value is -2.25. The Morgan fingerprint density at radius 1 is 1.03 bits per heavy atom. The highest BCUT2D eigenvalue weighted by Gasteiger charge is 2.22. The van der Waals surface area contributed by atoms with E-state index >= 15 is 0 Å². The lowest BCUT2D eigenvalue weighted by Crippen LogP contribution is -2.13. The molecule has 2 aromatic rings. The molecule has 1 aliphatic carbocycles.